The number of hydrogen-bond acceptors (Lipinski definition) is 6. The number of aromatic nitrogens is 1. The Kier molecular flexibility index (Phi) is 7.43. The van der Waals surface area contributed by atoms with Crippen LogP contribution in [0.2, 0.25) is 10.0 Å². The minimum atomic E-state index is -1.09. The number of carbonyl (C=O) groups excluding carboxylic acids is 2. The number of likely N-dealkylation sites (tertiary alicyclic amines) is 2. The number of pyridine rings is 1. The maximum atomic E-state index is 15.0. The molecule has 0 bridgehead atoms. The average Bonchev–Trinajstić information content (AvgIpc) is 3.38. The predicted molar refractivity (Wildman–Crippen MR) is 181 cm³/mol. The number of amides is 3. The van der Waals surface area contributed by atoms with Crippen molar-refractivity contribution in [2.45, 2.75) is 57.2 Å². The van der Waals surface area contributed by atoms with E-state index in [2.05, 4.69) is 0 Å². The Morgan fingerprint density at radius 1 is 0.872 bits per heavy atom. The second kappa shape index (κ2) is 10.9. The van der Waals surface area contributed by atoms with Crippen molar-refractivity contribution in [2.24, 2.45) is 22.7 Å². The van der Waals surface area contributed by atoms with Crippen LogP contribution in [0.25, 0.3) is 0 Å². The molecule has 2 saturated heterocycles. The zero-order chi connectivity index (χ0) is 33.6. The van der Waals surface area contributed by atoms with Crippen LogP contribution in [0.4, 0.5) is 4.79 Å². The first-order chi connectivity index (χ1) is 22.1. The van der Waals surface area contributed by atoms with Crippen LogP contribution in [-0.2, 0) is 21.3 Å². The topological polar surface area (TPSA) is 110 Å². The molecule has 3 amide bonds. The van der Waals surface area contributed by atoms with Gasteiger partial charge in [0.2, 0.25) is 5.91 Å². The number of aromatic hydroxyl groups is 1. The van der Waals surface area contributed by atoms with Crippen LogP contribution in [-0.4, -0.2) is 80.0 Å². The van der Waals surface area contributed by atoms with Crippen LogP contribution < -0.4 is 0 Å². The third-order valence-electron chi connectivity index (χ3n) is 10.8. The van der Waals surface area contributed by atoms with Gasteiger partial charge in [0.1, 0.15) is 22.7 Å². The highest BCUT2D eigenvalue weighted by Crippen LogP contribution is 2.56. The number of aliphatic hydroxyl groups is 1. The minimum Gasteiger partial charge on any atom is -0.507 e. The molecule has 47 heavy (non-hydrogen) atoms. The van der Waals surface area contributed by atoms with Crippen LogP contribution in [0.15, 0.2) is 65.8 Å². The van der Waals surface area contributed by atoms with E-state index in [1.807, 2.05) is 71.0 Å². The zero-order valence-corrected chi connectivity index (χ0v) is 28.6. The van der Waals surface area contributed by atoms with Crippen molar-refractivity contribution in [3.8, 4) is 5.75 Å². The number of aliphatic hydroxyl groups excluding tert-OH is 1. The van der Waals surface area contributed by atoms with E-state index in [4.69, 9.17) is 33.2 Å². The van der Waals surface area contributed by atoms with Crippen molar-refractivity contribution in [1.29, 1.82) is 0 Å². The lowest BCUT2D eigenvalue weighted by atomic mass is 9.71. The Bertz CT molecular complexity index is 1770. The third-order valence-corrected chi connectivity index (χ3v) is 11.3. The first-order valence-electron chi connectivity index (χ1n) is 16.0. The molecule has 2 N–H and O–H groups in total. The van der Waals surface area contributed by atoms with Gasteiger partial charge < -0.3 is 20.0 Å². The van der Waals surface area contributed by atoms with Crippen molar-refractivity contribution < 1.29 is 19.8 Å². The summed E-state index contributed by atoms with van der Waals surface area (Å²) in [6.45, 7) is 11.7. The highest BCUT2D eigenvalue weighted by Gasteiger charge is 2.65. The number of piperidine rings is 1. The lowest BCUT2D eigenvalue weighted by Gasteiger charge is -2.46. The van der Waals surface area contributed by atoms with E-state index in [1.54, 1.807) is 39.1 Å². The van der Waals surface area contributed by atoms with Gasteiger partial charge in [0.25, 0.3) is 0 Å². The van der Waals surface area contributed by atoms with Crippen LogP contribution in [0.5, 0.6) is 5.75 Å². The summed E-state index contributed by atoms with van der Waals surface area (Å²) in [4.78, 5) is 43.3. The summed E-state index contributed by atoms with van der Waals surface area (Å²) >= 11 is 12.7. The number of benzene rings is 2. The van der Waals surface area contributed by atoms with Gasteiger partial charge in [-0.1, -0.05) is 68.2 Å². The Labute approximate surface area is 284 Å². The molecule has 11 heteroatoms. The number of nitrogens with zero attached hydrogens (tertiary/aromatic N) is 5. The number of aliphatic imine (C=N–C) groups is 1. The molecule has 5 atom stereocenters. The van der Waals surface area contributed by atoms with Gasteiger partial charge in [-0.05, 0) is 61.1 Å². The number of rotatable bonds is 4. The predicted octanol–water partition coefficient (Wildman–Crippen LogP) is 5.79. The summed E-state index contributed by atoms with van der Waals surface area (Å²) in [6.07, 6.45) is 1.15. The van der Waals surface area contributed by atoms with Crippen molar-refractivity contribution >= 4 is 41.0 Å². The molecule has 1 unspecified atom stereocenters. The molecule has 4 heterocycles. The summed E-state index contributed by atoms with van der Waals surface area (Å²) in [5.41, 5.74) is 0.251. The Morgan fingerprint density at radius 2 is 1.43 bits per heavy atom. The normalized spacial score (nSPS) is 28.6. The van der Waals surface area contributed by atoms with Crippen LogP contribution in [0, 0.1) is 17.8 Å². The van der Waals surface area contributed by atoms with E-state index in [0.717, 1.165) is 11.1 Å². The molecule has 1 aliphatic carbocycles. The van der Waals surface area contributed by atoms with Crippen molar-refractivity contribution in [2.75, 3.05) is 26.2 Å². The van der Waals surface area contributed by atoms with E-state index in [0.29, 0.717) is 53.3 Å². The summed E-state index contributed by atoms with van der Waals surface area (Å²) in [6, 6.07) is 16.3. The number of amidine groups is 1. The van der Waals surface area contributed by atoms with Gasteiger partial charge >= 0.3 is 6.03 Å². The molecule has 1 saturated carbocycles. The first kappa shape index (κ1) is 31.9. The minimum absolute atomic E-state index is 0.0213. The van der Waals surface area contributed by atoms with Crippen molar-refractivity contribution in [3.05, 3.63) is 93.2 Å². The molecular formula is C36H39Cl2N5O4. The number of hydrogen-bond donors (Lipinski definition) is 2. The molecular weight excluding hydrogens is 637 g/mol. The van der Waals surface area contributed by atoms with E-state index >= 15 is 0 Å². The number of fused-ring (bicyclic) bond motifs is 1. The van der Waals surface area contributed by atoms with E-state index in [9.17, 15) is 19.8 Å². The maximum absolute atomic E-state index is 15.0. The number of urea groups is 1. The average molecular weight is 677 g/mol. The molecule has 246 valence electrons. The lowest BCUT2D eigenvalue weighted by molar-refractivity contribution is -0.143. The SMILES string of the molecule is CC(C)(C)c1cc(O)c(C2=N[C@@](C)(c3ccc(Cl)cc3)[C@@](C)(c3ccc(Cl)cc3)N2C(=O)N2C[C@@H]3C(C(=O)N4CC(O)C4)[C@@H]3C2)cn1. The molecule has 7 rings (SSSR count). The standard InChI is InChI=1S/C36H39Cl2N5O4/c1-34(2,3)29-14-28(45)25(15-39-29)31-40-35(4,20-6-10-22(37)11-7-20)36(5,21-8-12-23(38)13-9-21)43(31)33(47)42-18-26-27(19-42)30(26)32(46)41-16-24(44)17-41/h6-15,24,26-27,30,44H,16-19H2,1-5H3,(H,39,45)/t26-,27+,30?,35-,36+/m0/s1. The largest absolute Gasteiger partial charge is 0.507 e. The zero-order valence-electron chi connectivity index (χ0n) is 27.1. The second-order valence-electron chi connectivity index (χ2n) is 14.7. The highest BCUT2D eigenvalue weighted by atomic mass is 35.5. The van der Waals surface area contributed by atoms with E-state index < -0.39 is 17.2 Å². The molecule has 0 spiro atoms. The van der Waals surface area contributed by atoms with Gasteiger partial charge in [-0.25, -0.2) is 4.79 Å². The van der Waals surface area contributed by atoms with Crippen LogP contribution in [0.3, 0.4) is 0 Å². The molecule has 3 aromatic rings. The van der Waals surface area contributed by atoms with Crippen LogP contribution >= 0.6 is 23.2 Å². The molecule has 3 fully saturated rings. The van der Waals surface area contributed by atoms with Gasteiger partial charge in [0, 0.05) is 65.5 Å². The van der Waals surface area contributed by atoms with Crippen LogP contribution in [0.1, 0.15) is 57.0 Å². The van der Waals surface area contributed by atoms with E-state index in [1.165, 1.54) is 0 Å². The van der Waals surface area contributed by atoms with Gasteiger partial charge in [0.05, 0.1) is 11.7 Å². The van der Waals surface area contributed by atoms with Crippen molar-refractivity contribution in [1.82, 2.24) is 19.7 Å². The monoisotopic (exact) mass is 675 g/mol. The Morgan fingerprint density at radius 3 is 1.94 bits per heavy atom. The molecule has 3 aliphatic heterocycles. The highest BCUT2D eigenvalue weighted by molar-refractivity contribution is 6.30. The van der Waals surface area contributed by atoms with Gasteiger partial charge in [-0.15, -0.1) is 0 Å². The third kappa shape index (κ3) is 5.00. The number of β-amino-alcohol motifs (C(OH)–C–C–N with tert-alkyl or cyclic N) is 1. The fraction of sp³-hybridized carbons (Fsp3) is 0.444. The fourth-order valence-electron chi connectivity index (χ4n) is 7.63. The summed E-state index contributed by atoms with van der Waals surface area (Å²) in [5.74, 6) is 0.358. The molecule has 4 aliphatic rings. The van der Waals surface area contributed by atoms with Gasteiger partial charge in [-0.3, -0.25) is 19.7 Å². The Hall–Kier alpha value is -3.66. The number of halogens is 2. The summed E-state index contributed by atoms with van der Waals surface area (Å²) in [7, 11) is 0. The smallest absolute Gasteiger partial charge is 0.326 e. The molecule has 0 radical (unpaired) electrons. The number of carbonyl (C=O) groups is 2. The van der Waals surface area contributed by atoms with Gasteiger partial charge in [0.15, 0.2) is 0 Å². The molecule has 9 nitrogen and oxygen atoms in total. The maximum Gasteiger partial charge on any atom is 0.326 e. The quantitative estimate of drug-likeness (QED) is 0.364. The first-order valence-corrected chi connectivity index (χ1v) is 16.8. The second-order valence-corrected chi connectivity index (χ2v) is 15.6. The summed E-state index contributed by atoms with van der Waals surface area (Å²) in [5, 5.41) is 22.3. The van der Waals surface area contributed by atoms with Crippen molar-refractivity contribution in [3.63, 3.8) is 0 Å². The lowest BCUT2D eigenvalue weighted by Crippen LogP contribution is -2.58. The molecule has 2 aromatic carbocycles. The summed E-state index contributed by atoms with van der Waals surface area (Å²) < 4.78 is 0. The van der Waals surface area contributed by atoms with Gasteiger partial charge in [-0.2, -0.15) is 0 Å². The van der Waals surface area contributed by atoms with E-state index in [-0.39, 0.29) is 40.9 Å². The Balaban J connectivity index is 1.33. The fourth-order valence-corrected chi connectivity index (χ4v) is 7.88. The molecule has 1 aromatic heterocycles.